The highest BCUT2D eigenvalue weighted by molar-refractivity contribution is 5.83. The number of carbonyl (C=O) groups is 1. The monoisotopic (exact) mass is 279 g/mol. The van der Waals surface area contributed by atoms with E-state index in [1.165, 1.54) is 0 Å². The minimum Gasteiger partial charge on any atom is -0.495 e. The molecule has 110 valence electrons. The van der Waals surface area contributed by atoms with Crippen LogP contribution >= 0.6 is 0 Å². The van der Waals surface area contributed by atoms with Crippen LogP contribution in [0.5, 0.6) is 5.75 Å². The molecule has 20 heavy (non-hydrogen) atoms. The molecule has 0 aliphatic heterocycles. The zero-order chi connectivity index (χ0) is 14.6. The summed E-state index contributed by atoms with van der Waals surface area (Å²) >= 11 is 0. The van der Waals surface area contributed by atoms with E-state index < -0.39 is 11.5 Å². The number of carboxylic acids is 1. The number of para-hydroxylation sites is 2. The van der Waals surface area contributed by atoms with Gasteiger partial charge in [-0.3, -0.25) is 0 Å². The Bertz CT molecular complexity index is 467. The van der Waals surface area contributed by atoms with Crippen LogP contribution in [0.4, 0.5) is 5.69 Å². The third-order valence-corrected chi connectivity index (χ3v) is 4.01. The molecule has 1 fully saturated rings. The Labute approximate surface area is 118 Å². The van der Waals surface area contributed by atoms with Crippen molar-refractivity contribution < 1.29 is 19.4 Å². The van der Waals surface area contributed by atoms with Crippen LogP contribution in [-0.2, 0) is 9.53 Å². The lowest BCUT2D eigenvalue weighted by molar-refractivity contribution is -0.144. The number of hydrogen-bond acceptors (Lipinski definition) is 4. The maximum absolute atomic E-state index is 11.7. The maximum Gasteiger partial charge on any atom is 0.329 e. The van der Waals surface area contributed by atoms with Gasteiger partial charge in [-0.15, -0.1) is 0 Å². The molecule has 1 aromatic rings. The summed E-state index contributed by atoms with van der Waals surface area (Å²) in [6.45, 7) is 0. The Morgan fingerprint density at radius 2 is 1.95 bits per heavy atom. The van der Waals surface area contributed by atoms with E-state index in [4.69, 9.17) is 9.47 Å². The smallest absolute Gasteiger partial charge is 0.329 e. The number of carboxylic acid groups (broad SMARTS) is 1. The zero-order valence-electron chi connectivity index (χ0n) is 11.9. The highest BCUT2D eigenvalue weighted by Gasteiger charge is 2.42. The van der Waals surface area contributed by atoms with Crippen molar-refractivity contribution in [2.45, 2.75) is 37.3 Å². The molecule has 1 saturated carbocycles. The molecule has 0 bridgehead atoms. The quantitative estimate of drug-likeness (QED) is 0.867. The molecule has 2 N–H and O–H groups in total. The van der Waals surface area contributed by atoms with E-state index in [1.807, 2.05) is 24.3 Å². The van der Waals surface area contributed by atoms with Crippen LogP contribution in [0.15, 0.2) is 24.3 Å². The molecule has 0 amide bonds. The molecule has 5 nitrogen and oxygen atoms in total. The number of rotatable bonds is 5. The zero-order valence-corrected chi connectivity index (χ0v) is 11.9. The number of hydrogen-bond donors (Lipinski definition) is 2. The van der Waals surface area contributed by atoms with E-state index in [0.29, 0.717) is 24.3 Å². The topological polar surface area (TPSA) is 67.8 Å². The fourth-order valence-electron chi connectivity index (χ4n) is 2.72. The number of benzene rings is 1. The van der Waals surface area contributed by atoms with Gasteiger partial charge in [-0.25, -0.2) is 4.79 Å². The average molecular weight is 279 g/mol. The summed E-state index contributed by atoms with van der Waals surface area (Å²) in [6, 6.07) is 7.38. The summed E-state index contributed by atoms with van der Waals surface area (Å²) in [6.07, 6.45) is 2.72. The fourth-order valence-corrected chi connectivity index (χ4v) is 2.72. The van der Waals surface area contributed by atoms with Crippen molar-refractivity contribution in [3.05, 3.63) is 24.3 Å². The van der Waals surface area contributed by atoms with E-state index in [-0.39, 0.29) is 6.10 Å². The standard InChI is InChI=1S/C15H21NO4/c1-19-11-7-9-15(10-8-11,14(17)18)16-12-5-3-4-6-13(12)20-2/h3-6,11,16H,7-10H2,1-2H3,(H,17,18). The van der Waals surface area contributed by atoms with Crippen LogP contribution in [0.2, 0.25) is 0 Å². The second-order valence-electron chi connectivity index (χ2n) is 5.15. The van der Waals surface area contributed by atoms with Crippen molar-refractivity contribution in [2.75, 3.05) is 19.5 Å². The van der Waals surface area contributed by atoms with Crippen molar-refractivity contribution in [3.8, 4) is 5.75 Å². The first-order valence-electron chi connectivity index (χ1n) is 6.79. The summed E-state index contributed by atoms with van der Waals surface area (Å²) in [7, 11) is 3.25. The van der Waals surface area contributed by atoms with Crippen LogP contribution in [0.25, 0.3) is 0 Å². The average Bonchev–Trinajstić information content (AvgIpc) is 2.48. The van der Waals surface area contributed by atoms with Crippen LogP contribution in [0, 0.1) is 0 Å². The molecule has 0 unspecified atom stereocenters. The predicted molar refractivity (Wildman–Crippen MR) is 76.2 cm³/mol. The Morgan fingerprint density at radius 3 is 2.50 bits per heavy atom. The first kappa shape index (κ1) is 14.7. The van der Waals surface area contributed by atoms with Crippen LogP contribution in [0.3, 0.4) is 0 Å². The predicted octanol–water partition coefficient (Wildman–Crippen LogP) is 2.52. The second-order valence-corrected chi connectivity index (χ2v) is 5.15. The van der Waals surface area contributed by atoms with E-state index in [0.717, 1.165) is 12.8 Å². The number of aliphatic carboxylic acids is 1. The first-order chi connectivity index (χ1) is 9.61. The van der Waals surface area contributed by atoms with Gasteiger partial charge in [0.25, 0.3) is 0 Å². The maximum atomic E-state index is 11.7. The van der Waals surface area contributed by atoms with Gasteiger partial charge in [0.2, 0.25) is 0 Å². The van der Waals surface area contributed by atoms with Gasteiger partial charge in [0.15, 0.2) is 0 Å². The van der Waals surface area contributed by atoms with Gasteiger partial charge in [0.1, 0.15) is 11.3 Å². The number of ether oxygens (including phenoxy) is 2. The van der Waals surface area contributed by atoms with Crippen LogP contribution < -0.4 is 10.1 Å². The van der Waals surface area contributed by atoms with Crippen molar-refractivity contribution in [1.29, 1.82) is 0 Å². The third kappa shape index (κ3) is 2.88. The van der Waals surface area contributed by atoms with Crippen molar-refractivity contribution in [1.82, 2.24) is 0 Å². The van der Waals surface area contributed by atoms with Crippen LogP contribution in [-0.4, -0.2) is 36.9 Å². The minimum atomic E-state index is -0.941. The highest BCUT2D eigenvalue weighted by Crippen LogP contribution is 2.36. The Balaban J connectivity index is 2.20. The summed E-state index contributed by atoms with van der Waals surface area (Å²) in [5, 5.41) is 12.8. The highest BCUT2D eigenvalue weighted by atomic mass is 16.5. The van der Waals surface area contributed by atoms with Gasteiger partial charge in [0.05, 0.1) is 18.9 Å². The normalized spacial score (nSPS) is 26.0. The summed E-state index contributed by atoms with van der Waals surface area (Å²) in [5.41, 5.74) is -0.225. The SMILES string of the molecule is COc1ccccc1NC1(C(=O)O)CCC(OC)CC1. The third-order valence-electron chi connectivity index (χ3n) is 4.01. The van der Waals surface area contributed by atoms with E-state index in [2.05, 4.69) is 5.32 Å². The van der Waals surface area contributed by atoms with Gasteiger partial charge in [-0.1, -0.05) is 12.1 Å². The molecule has 5 heteroatoms. The molecule has 1 aliphatic carbocycles. The molecule has 0 radical (unpaired) electrons. The van der Waals surface area contributed by atoms with Gasteiger partial charge in [0, 0.05) is 7.11 Å². The molecular formula is C15H21NO4. The van der Waals surface area contributed by atoms with E-state index in [9.17, 15) is 9.90 Å². The summed E-state index contributed by atoms with van der Waals surface area (Å²) in [4.78, 5) is 11.7. The number of methoxy groups -OCH3 is 2. The lowest BCUT2D eigenvalue weighted by Crippen LogP contribution is -2.50. The van der Waals surface area contributed by atoms with Crippen LogP contribution in [0.1, 0.15) is 25.7 Å². The van der Waals surface area contributed by atoms with Gasteiger partial charge >= 0.3 is 5.97 Å². The lowest BCUT2D eigenvalue weighted by atomic mass is 9.80. The van der Waals surface area contributed by atoms with Crippen molar-refractivity contribution in [3.63, 3.8) is 0 Å². The number of nitrogens with one attached hydrogen (secondary N) is 1. The summed E-state index contributed by atoms with van der Waals surface area (Å²) in [5.74, 6) is -0.167. The van der Waals surface area contributed by atoms with Gasteiger partial charge < -0.3 is 19.9 Å². The molecular weight excluding hydrogens is 258 g/mol. The molecule has 1 aliphatic rings. The molecule has 0 aromatic heterocycles. The molecule has 1 aromatic carbocycles. The first-order valence-corrected chi connectivity index (χ1v) is 6.79. The Kier molecular flexibility index (Phi) is 4.49. The number of anilines is 1. The molecule has 0 saturated heterocycles. The fraction of sp³-hybridized carbons (Fsp3) is 0.533. The van der Waals surface area contributed by atoms with Gasteiger partial charge in [-0.05, 0) is 37.8 Å². The molecule has 0 atom stereocenters. The summed E-state index contributed by atoms with van der Waals surface area (Å²) < 4.78 is 10.6. The lowest BCUT2D eigenvalue weighted by Gasteiger charge is -2.37. The van der Waals surface area contributed by atoms with Crippen molar-refractivity contribution >= 4 is 11.7 Å². The minimum absolute atomic E-state index is 0.155. The largest absolute Gasteiger partial charge is 0.495 e. The van der Waals surface area contributed by atoms with E-state index in [1.54, 1.807) is 14.2 Å². The second kappa shape index (κ2) is 6.13. The molecule has 0 spiro atoms. The van der Waals surface area contributed by atoms with Gasteiger partial charge in [-0.2, -0.15) is 0 Å². The van der Waals surface area contributed by atoms with E-state index >= 15 is 0 Å². The Morgan fingerprint density at radius 1 is 1.30 bits per heavy atom. The Hall–Kier alpha value is -1.75. The van der Waals surface area contributed by atoms with Crippen molar-refractivity contribution in [2.24, 2.45) is 0 Å². The molecule has 0 heterocycles. The molecule has 2 rings (SSSR count).